The zero-order valence-corrected chi connectivity index (χ0v) is 6.56. The van der Waals surface area contributed by atoms with Crippen LogP contribution in [0.3, 0.4) is 0 Å². The molecule has 1 aliphatic carbocycles. The fourth-order valence-corrected chi connectivity index (χ4v) is 1.53. The Labute approximate surface area is 58.7 Å². The summed E-state index contributed by atoms with van der Waals surface area (Å²) in [4.78, 5) is 0. The molecule has 0 saturated heterocycles. The van der Waals surface area contributed by atoms with E-state index in [2.05, 4.69) is 20.3 Å². The molecule has 2 atom stereocenters. The average Bonchev–Trinajstić information content (AvgIpc) is 1.90. The van der Waals surface area contributed by atoms with Crippen LogP contribution >= 0.6 is 0 Å². The van der Waals surface area contributed by atoms with E-state index in [1.54, 1.807) is 0 Å². The van der Waals surface area contributed by atoms with Crippen molar-refractivity contribution < 1.29 is 0 Å². The van der Waals surface area contributed by atoms with E-state index in [4.69, 9.17) is 0 Å². The molecule has 0 heterocycles. The summed E-state index contributed by atoms with van der Waals surface area (Å²) < 4.78 is 0. The second-order valence-corrected chi connectivity index (χ2v) is 3.32. The highest BCUT2D eigenvalue weighted by Crippen LogP contribution is 2.28. The van der Waals surface area contributed by atoms with Crippen molar-refractivity contribution in [2.24, 2.45) is 11.8 Å². The van der Waals surface area contributed by atoms with Crippen molar-refractivity contribution in [3.05, 3.63) is 6.42 Å². The monoisotopic (exact) mass is 125 g/mol. The van der Waals surface area contributed by atoms with Crippen LogP contribution in [0, 0.1) is 18.3 Å². The Morgan fingerprint density at radius 2 is 2.22 bits per heavy atom. The van der Waals surface area contributed by atoms with Crippen LogP contribution in [0.5, 0.6) is 0 Å². The van der Waals surface area contributed by atoms with Crippen LogP contribution in [0.1, 0.15) is 39.5 Å². The molecule has 2 unspecified atom stereocenters. The van der Waals surface area contributed by atoms with E-state index in [1.807, 2.05) is 0 Å². The van der Waals surface area contributed by atoms with Crippen LogP contribution in [0.2, 0.25) is 0 Å². The van der Waals surface area contributed by atoms with Crippen LogP contribution in [0.4, 0.5) is 0 Å². The van der Waals surface area contributed by atoms with Crippen LogP contribution in [-0.2, 0) is 0 Å². The lowest BCUT2D eigenvalue weighted by atomic mass is 9.82. The second-order valence-electron chi connectivity index (χ2n) is 3.32. The van der Waals surface area contributed by atoms with Gasteiger partial charge in [0.05, 0.1) is 0 Å². The topological polar surface area (TPSA) is 0 Å². The van der Waals surface area contributed by atoms with E-state index in [-0.39, 0.29) is 0 Å². The van der Waals surface area contributed by atoms with Gasteiger partial charge in [-0.25, -0.2) is 0 Å². The lowest BCUT2D eigenvalue weighted by molar-refractivity contribution is 0.357. The minimum atomic E-state index is 0.946. The van der Waals surface area contributed by atoms with E-state index in [0.717, 1.165) is 11.8 Å². The maximum absolute atomic E-state index is 2.51. The van der Waals surface area contributed by atoms with Crippen LogP contribution < -0.4 is 0 Å². The molecule has 1 saturated carbocycles. The number of hydrogen-bond acceptors (Lipinski definition) is 0. The molecule has 1 radical (unpaired) electrons. The molecule has 0 N–H and O–H groups in total. The molecule has 0 nitrogen and oxygen atoms in total. The van der Waals surface area contributed by atoms with Gasteiger partial charge >= 0.3 is 0 Å². The zero-order valence-electron chi connectivity index (χ0n) is 6.56. The molecular formula is C9H17. The van der Waals surface area contributed by atoms with Crippen molar-refractivity contribution >= 4 is 0 Å². The van der Waals surface area contributed by atoms with Gasteiger partial charge in [-0.3, -0.25) is 0 Å². The highest BCUT2D eigenvalue weighted by molar-refractivity contribution is 4.82. The highest BCUT2D eigenvalue weighted by Gasteiger charge is 2.15. The molecule has 0 bridgehead atoms. The molecule has 9 heavy (non-hydrogen) atoms. The average molecular weight is 125 g/mol. The van der Waals surface area contributed by atoms with Gasteiger partial charge in [0.15, 0.2) is 0 Å². The van der Waals surface area contributed by atoms with Gasteiger partial charge in [0.1, 0.15) is 0 Å². The third kappa shape index (κ3) is 2.00. The summed E-state index contributed by atoms with van der Waals surface area (Å²) in [6.45, 7) is 4.64. The second kappa shape index (κ2) is 3.24. The largest absolute Gasteiger partial charge is 0.0651 e. The minimum Gasteiger partial charge on any atom is -0.0651 e. The normalized spacial score (nSPS) is 36.7. The molecule has 1 rings (SSSR count). The standard InChI is InChI=1S/C9H17/c1-3-9-6-4-8(2)5-7-9/h6,8-9H,3-5,7H2,1-2H3. The maximum Gasteiger partial charge on any atom is -0.0352 e. The first kappa shape index (κ1) is 7.11. The molecule has 1 fully saturated rings. The van der Waals surface area contributed by atoms with Crippen molar-refractivity contribution in [3.63, 3.8) is 0 Å². The van der Waals surface area contributed by atoms with Gasteiger partial charge in [0.2, 0.25) is 0 Å². The molecule has 53 valence electrons. The quantitative estimate of drug-likeness (QED) is 0.505. The Hall–Kier alpha value is 0. The highest BCUT2D eigenvalue weighted by atomic mass is 14.2. The van der Waals surface area contributed by atoms with Gasteiger partial charge in [-0.05, 0) is 31.1 Å². The minimum absolute atomic E-state index is 0.946. The Kier molecular flexibility index (Phi) is 2.56. The fraction of sp³-hybridized carbons (Fsp3) is 0.889. The summed E-state index contributed by atoms with van der Waals surface area (Å²) in [7, 11) is 0. The first-order chi connectivity index (χ1) is 4.33. The van der Waals surface area contributed by atoms with Crippen molar-refractivity contribution in [2.45, 2.75) is 39.5 Å². The van der Waals surface area contributed by atoms with E-state index in [0.29, 0.717) is 0 Å². The summed E-state index contributed by atoms with van der Waals surface area (Å²) in [6.07, 6.45) is 8.12. The Bertz CT molecular complexity index is 68.1. The van der Waals surface area contributed by atoms with Crippen molar-refractivity contribution in [1.29, 1.82) is 0 Å². The van der Waals surface area contributed by atoms with Crippen LogP contribution in [0.25, 0.3) is 0 Å². The Morgan fingerprint density at radius 3 is 2.67 bits per heavy atom. The van der Waals surface area contributed by atoms with Crippen molar-refractivity contribution in [1.82, 2.24) is 0 Å². The van der Waals surface area contributed by atoms with Crippen LogP contribution in [-0.4, -0.2) is 0 Å². The van der Waals surface area contributed by atoms with Gasteiger partial charge in [-0.1, -0.05) is 26.7 Å². The van der Waals surface area contributed by atoms with Crippen molar-refractivity contribution in [2.75, 3.05) is 0 Å². The Balaban J connectivity index is 2.18. The molecule has 0 heteroatoms. The van der Waals surface area contributed by atoms with E-state index in [9.17, 15) is 0 Å². The lowest BCUT2D eigenvalue weighted by Gasteiger charge is -2.24. The van der Waals surface area contributed by atoms with Gasteiger partial charge in [-0.2, -0.15) is 0 Å². The van der Waals surface area contributed by atoms with Gasteiger partial charge in [0, 0.05) is 0 Å². The lowest BCUT2D eigenvalue weighted by Crippen LogP contribution is -2.11. The predicted molar refractivity (Wildman–Crippen MR) is 41.1 cm³/mol. The van der Waals surface area contributed by atoms with Gasteiger partial charge in [-0.15, -0.1) is 0 Å². The molecule has 0 spiro atoms. The smallest absolute Gasteiger partial charge is 0.0352 e. The van der Waals surface area contributed by atoms with E-state index in [1.165, 1.54) is 25.7 Å². The molecule has 0 aromatic heterocycles. The van der Waals surface area contributed by atoms with Gasteiger partial charge < -0.3 is 0 Å². The summed E-state index contributed by atoms with van der Waals surface area (Å²) in [5.74, 6) is 1.91. The molecule has 0 aromatic carbocycles. The van der Waals surface area contributed by atoms with Crippen molar-refractivity contribution in [3.8, 4) is 0 Å². The third-order valence-electron chi connectivity index (χ3n) is 2.43. The summed E-state index contributed by atoms with van der Waals surface area (Å²) in [5, 5.41) is 0. The van der Waals surface area contributed by atoms with E-state index >= 15 is 0 Å². The third-order valence-corrected chi connectivity index (χ3v) is 2.43. The summed E-state index contributed by atoms with van der Waals surface area (Å²) in [6, 6.07) is 0. The molecular weight excluding hydrogens is 108 g/mol. The Morgan fingerprint density at radius 1 is 1.44 bits per heavy atom. The molecule has 0 amide bonds. The number of hydrogen-bond donors (Lipinski definition) is 0. The predicted octanol–water partition coefficient (Wildman–Crippen LogP) is 3.04. The molecule has 0 aromatic rings. The first-order valence-electron chi connectivity index (χ1n) is 4.16. The molecule has 1 aliphatic rings. The van der Waals surface area contributed by atoms with E-state index < -0.39 is 0 Å². The maximum atomic E-state index is 2.51. The van der Waals surface area contributed by atoms with Gasteiger partial charge in [0.25, 0.3) is 0 Å². The fourth-order valence-electron chi connectivity index (χ4n) is 1.53. The zero-order chi connectivity index (χ0) is 6.69. The number of rotatable bonds is 1. The summed E-state index contributed by atoms with van der Waals surface area (Å²) in [5.41, 5.74) is 0. The first-order valence-corrected chi connectivity index (χ1v) is 4.16. The molecule has 0 aliphatic heterocycles. The van der Waals surface area contributed by atoms with Crippen LogP contribution in [0.15, 0.2) is 0 Å². The SMILES string of the molecule is CCC1[CH]CC(C)CC1. The summed E-state index contributed by atoms with van der Waals surface area (Å²) >= 11 is 0.